The lowest BCUT2D eigenvalue weighted by atomic mass is 10.2. The van der Waals surface area contributed by atoms with Crippen molar-refractivity contribution < 1.29 is 0 Å². The number of thiazole rings is 1. The lowest BCUT2D eigenvalue weighted by Gasteiger charge is -1.99. The fraction of sp³-hybridized carbons (Fsp3) is 0.188. The highest BCUT2D eigenvalue weighted by Gasteiger charge is 2.15. The smallest absolute Gasteiger partial charge is 0.158 e. The molecule has 0 saturated heterocycles. The highest BCUT2D eigenvalue weighted by Crippen LogP contribution is 2.34. The maximum atomic E-state index is 4.77. The summed E-state index contributed by atoms with van der Waals surface area (Å²) in [5, 5.41) is 6.41. The van der Waals surface area contributed by atoms with E-state index in [1.165, 1.54) is 6.33 Å². The molecule has 0 fully saturated rings. The molecular weight excluding hydrogens is 308 g/mol. The first kappa shape index (κ1) is 14.0. The zero-order valence-electron chi connectivity index (χ0n) is 13.0. The van der Waals surface area contributed by atoms with Crippen LogP contribution in [0.2, 0.25) is 0 Å². The number of aryl methyl sites for hydroxylation is 3. The summed E-state index contributed by atoms with van der Waals surface area (Å²) in [4.78, 5) is 18.6. The predicted octanol–water partition coefficient (Wildman–Crippen LogP) is 3.17. The second kappa shape index (κ2) is 5.20. The third-order valence-electron chi connectivity index (χ3n) is 3.71. The van der Waals surface area contributed by atoms with Crippen LogP contribution in [0.25, 0.3) is 32.2 Å². The van der Waals surface area contributed by atoms with E-state index in [2.05, 4.69) is 26.1 Å². The summed E-state index contributed by atoms with van der Waals surface area (Å²) in [5.74, 6) is 0. The Kier molecular flexibility index (Phi) is 3.16. The van der Waals surface area contributed by atoms with Gasteiger partial charge in [0.15, 0.2) is 5.65 Å². The predicted molar refractivity (Wildman–Crippen MR) is 90.1 cm³/mol. The van der Waals surface area contributed by atoms with Gasteiger partial charge in [-0.3, -0.25) is 4.68 Å². The Hall–Kier alpha value is -2.67. The van der Waals surface area contributed by atoms with Crippen LogP contribution < -0.4 is 0 Å². The summed E-state index contributed by atoms with van der Waals surface area (Å²) in [6.07, 6.45) is 5.07. The number of rotatable bonds is 2. The average Bonchev–Trinajstić information content (AvgIpc) is 3.09. The van der Waals surface area contributed by atoms with E-state index in [4.69, 9.17) is 4.98 Å². The lowest BCUT2D eigenvalue weighted by Crippen LogP contribution is -1.93. The van der Waals surface area contributed by atoms with Gasteiger partial charge in [-0.15, -0.1) is 11.3 Å². The van der Waals surface area contributed by atoms with Crippen LogP contribution in [0, 0.1) is 13.8 Å². The molecule has 4 heterocycles. The molecule has 6 nitrogen and oxygen atoms in total. The van der Waals surface area contributed by atoms with Crippen LogP contribution in [0.1, 0.15) is 11.4 Å². The van der Waals surface area contributed by atoms with Gasteiger partial charge in [-0.2, -0.15) is 5.10 Å². The van der Waals surface area contributed by atoms with Gasteiger partial charge in [0.05, 0.1) is 22.0 Å². The monoisotopic (exact) mass is 322 g/mol. The molecule has 0 spiro atoms. The van der Waals surface area contributed by atoms with Gasteiger partial charge in [0.25, 0.3) is 0 Å². The number of aromatic nitrogens is 6. The summed E-state index contributed by atoms with van der Waals surface area (Å²) in [6.45, 7) is 3.99. The molecule has 0 aliphatic rings. The Bertz CT molecular complexity index is 1000. The van der Waals surface area contributed by atoms with E-state index in [0.717, 1.165) is 43.6 Å². The van der Waals surface area contributed by atoms with Crippen LogP contribution in [0.4, 0.5) is 0 Å². The first-order valence-electron chi connectivity index (χ1n) is 7.17. The molecule has 0 amide bonds. The summed E-state index contributed by atoms with van der Waals surface area (Å²) >= 11 is 1.60. The molecule has 0 radical (unpaired) electrons. The van der Waals surface area contributed by atoms with Gasteiger partial charge >= 0.3 is 0 Å². The third-order valence-corrected chi connectivity index (χ3v) is 4.94. The number of hydrogen-bond donors (Lipinski definition) is 0. The SMILES string of the molecule is Cc1nc(-c2cncnc2)sc1-c1ccc2c(C)nn(C)c2n1. The van der Waals surface area contributed by atoms with E-state index >= 15 is 0 Å². The lowest BCUT2D eigenvalue weighted by molar-refractivity contribution is 0.774. The zero-order chi connectivity index (χ0) is 16.0. The van der Waals surface area contributed by atoms with Crippen LogP contribution in [-0.2, 0) is 7.05 Å². The molecule has 0 N–H and O–H groups in total. The van der Waals surface area contributed by atoms with Gasteiger partial charge in [0, 0.05) is 30.4 Å². The first-order chi connectivity index (χ1) is 11.1. The number of fused-ring (bicyclic) bond motifs is 1. The van der Waals surface area contributed by atoms with E-state index in [-0.39, 0.29) is 0 Å². The normalized spacial score (nSPS) is 11.3. The fourth-order valence-electron chi connectivity index (χ4n) is 2.60. The molecule has 0 bridgehead atoms. The molecule has 0 aliphatic carbocycles. The van der Waals surface area contributed by atoms with Gasteiger partial charge in [0.2, 0.25) is 0 Å². The van der Waals surface area contributed by atoms with Crippen LogP contribution in [0.15, 0.2) is 30.9 Å². The zero-order valence-corrected chi connectivity index (χ0v) is 13.8. The van der Waals surface area contributed by atoms with Gasteiger partial charge < -0.3 is 0 Å². The molecule has 4 aromatic heterocycles. The van der Waals surface area contributed by atoms with Gasteiger partial charge in [0.1, 0.15) is 11.3 Å². The maximum absolute atomic E-state index is 4.77. The van der Waals surface area contributed by atoms with Crippen molar-refractivity contribution in [3.8, 4) is 21.1 Å². The van der Waals surface area contributed by atoms with Crippen molar-refractivity contribution >= 4 is 22.4 Å². The topological polar surface area (TPSA) is 69.4 Å². The molecular formula is C16H14N6S. The summed E-state index contributed by atoms with van der Waals surface area (Å²) in [7, 11) is 1.92. The maximum Gasteiger partial charge on any atom is 0.158 e. The van der Waals surface area contributed by atoms with Gasteiger partial charge in [-0.1, -0.05) is 0 Å². The average molecular weight is 322 g/mol. The van der Waals surface area contributed by atoms with Crippen molar-refractivity contribution in [1.29, 1.82) is 0 Å². The Balaban J connectivity index is 1.85. The van der Waals surface area contributed by atoms with E-state index in [1.54, 1.807) is 23.7 Å². The van der Waals surface area contributed by atoms with Crippen molar-refractivity contribution in [3.63, 3.8) is 0 Å². The first-order valence-corrected chi connectivity index (χ1v) is 7.98. The molecule has 4 rings (SSSR count). The fourth-order valence-corrected chi connectivity index (χ4v) is 3.61. The minimum atomic E-state index is 0.886. The number of pyridine rings is 1. The van der Waals surface area contributed by atoms with Crippen molar-refractivity contribution in [2.45, 2.75) is 13.8 Å². The molecule has 0 aromatic carbocycles. The highest BCUT2D eigenvalue weighted by atomic mass is 32.1. The van der Waals surface area contributed by atoms with E-state index in [9.17, 15) is 0 Å². The summed E-state index contributed by atoms with van der Waals surface area (Å²) in [5.41, 5.74) is 4.67. The van der Waals surface area contributed by atoms with Gasteiger partial charge in [-0.05, 0) is 26.0 Å². The summed E-state index contributed by atoms with van der Waals surface area (Å²) < 4.78 is 1.82. The standard InChI is InChI=1S/C16H14N6S/c1-9-12-4-5-13(20-15(12)22(3)21-9)14-10(2)19-16(23-14)11-6-17-8-18-7-11/h4-8H,1-3H3. The van der Waals surface area contributed by atoms with Crippen LogP contribution in [0.3, 0.4) is 0 Å². The van der Waals surface area contributed by atoms with E-state index < -0.39 is 0 Å². The molecule has 0 unspecified atom stereocenters. The number of hydrogen-bond acceptors (Lipinski definition) is 6. The van der Waals surface area contributed by atoms with Crippen molar-refractivity contribution in [2.24, 2.45) is 7.05 Å². The van der Waals surface area contributed by atoms with Gasteiger partial charge in [-0.25, -0.2) is 19.9 Å². The molecule has 114 valence electrons. The van der Waals surface area contributed by atoms with Crippen molar-refractivity contribution in [1.82, 2.24) is 29.7 Å². The van der Waals surface area contributed by atoms with Crippen LogP contribution >= 0.6 is 11.3 Å². The Morgan fingerprint density at radius 2 is 1.78 bits per heavy atom. The molecule has 0 atom stereocenters. The van der Waals surface area contributed by atoms with E-state index in [0.29, 0.717) is 0 Å². The van der Waals surface area contributed by atoms with Crippen molar-refractivity contribution in [2.75, 3.05) is 0 Å². The van der Waals surface area contributed by atoms with Crippen molar-refractivity contribution in [3.05, 3.63) is 42.2 Å². The second-order valence-corrected chi connectivity index (χ2v) is 6.34. The molecule has 7 heteroatoms. The Morgan fingerprint density at radius 1 is 1.00 bits per heavy atom. The molecule has 0 aliphatic heterocycles. The highest BCUT2D eigenvalue weighted by molar-refractivity contribution is 7.18. The Labute approximate surface area is 136 Å². The molecule has 23 heavy (non-hydrogen) atoms. The third kappa shape index (κ3) is 2.29. The quantitative estimate of drug-likeness (QED) is 0.567. The molecule has 4 aromatic rings. The second-order valence-electron chi connectivity index (χ2n) is 5.34. The van der Waals surface area contributed by atoms with Crippen LogP contribution in [0.5, 0.6) is 0 Å². The minimum absolute atomic E-state index is 0.886. The minimum Gasteiger partial charge on any atom is -0.250 e. The van der Waals surface area contributed by atoms with Crippen LogP contribution in [-0.4, -0.2) is 29.7 Å². The largest absolute Gasteiger partial charge is 0.250 e. The van der Waals surface area contributed by atoms with E-state index in [1.807, 2.05) is 31.6 Å². The number of nitrogens with zero attached hydrogens (tertiary/aromatic N) is 6. The Morgan fingerprint density at radius 3 is 2.57 bits per heavy atom. The summed E-state index contributed by atoms with van der Waals surface area (Å²) in [6, 6.07) is 4.10. The molecule has 0 saturated carbocycles.